The fourth-order valence-electron chi connectivity index (χ4n) is 3.68. The molecule has 4 nitrogen and oxygen atoms in total. The molecule has 1 aromatic heterocycles. The molecule has 23 heavy (non-hydrogen) atoms. The van der Waals surface area contributed by atoms with E-state index in [9.17, 15) is 0 Å². The fourth-order valence-corrected chi connectivity index (χ4v) is 3.80. The van der Waals surface area contributed by atoms with E-state index in [1.165, 1.54) is 24.9 Å². The molecular weight excluding hydrogens is 308 g/mol. The topological polar surface area (TPSA) is 35.2 Å². The zero-order chi connectivity index (χ0) is 15.8. The molecule has 1 saturated carbocycles. The Labute approximate surface area is 142 Å². The van der Waals surface area contributed by atoms with Crippen molar-refractivity contribution in [2.75, 3.05) is 19.6 Å². The average molecular weight is 331 g/mol. The van der Waals surface area contributed by atoms with E-state index in [0.717, 1.165) is 42.0 Å². The Bertz CT molecular complexity index is 662. The Kier molecular flexibility index (Phi) is 4.14. The van der Waals surface area contributed by atoms with E-state index < -0.39 is 0 Å². The van der Waals surface area contributed by atoms with E-state index in [0.29, 0.717) is 6.04 Å². The summed E-state index contributed by atoms with van der Waals surface area (Å²) >= 11 is 5.99. The van der Waals surface area contributed by atoms with Gasteiger partial charge in [0.25, 0.3) is 0 Å². The van der Waals surface area contributed by atoms with Crippen LogP contribution in [0, 0.1) is 0 Å². The molecule has 2 aliphatic rings. The summed E-state index contributed by atoms with van der Waals surface area (Å²) in [6.07, 6.45) is 4.75. The second-order valence-electron chi connectivity index (χ2n) is 6.83. The lowest BCUT2D eigenvalue weighted by Gasteiger charge is -2.40. The first-order chi connectivity index (χ1) is 11.2. The maximum Gasteiger partial charge on any atom is 0.0695 e. The lowest BCUT2D eigenvalue weighted by molar-refractivity contribution is 0.0730. The van der Waals surface area contributed by atoms with Gasteiger partial charge in [-0.25, -0.2) is 0 Å². The molecule has 1 aliphatic heterocycles. The minimum absolute atomic E-state index is 0.655. The van der Waals surface area contributed by atoms with Crippen molar-refractivity contribution in [1.82, 2.24) is 20.0 Å². The van der Waals surface area contributed by atoms with Crippen LogP contribution in [-0.4, -0.2) is 51.7 Å². The molecule has 1 aliphatic carbocycles. The van der Waals surface area contributed by atoms with Crippen LogP contribution >= 0.6 is 11.6 Å². The van der Waals surface area contributed by atoms with E-state index in [1.54, 1.807) is 0 Å². The Morgan fingerprint density at radius 3 is 2.70 bits per heavy atom. The third kappa shape index (κ3) is 3.30. The number of hydrogen-bond donors (Lipinski definition) is 1. The highest BCUT2D eigenvalue weighted by Gasteiger charge is 2.35. The summed E-state index contributed by atoms with van der Waals surface area (Å²) < 4.78 is 0. The van der Waals surface area contributed by atoms with E-state index in [2.05, 4.69) is 26.9 Å². The van der Waals surface area contributed by atoms with Crippen LogP contribution in [0.5, 0.6) is 0 Å². The molecule has 1 atom stereocenters. The van der Waals surface area contributed by atoms with Gasteiger partial charge in [-0.05, 0) is 37.5 Å². The van der Waals surface area contributed by atoms with Gasteiger partial charge in [0.2, 0.25) is 0 Å². The molecule has 0 amide bonds. The summed E-state index contributed by atoms with van der Waals surface area (Å²) in [4.78, 5) is 5.24. The summed E-state index contributed by atoms with van der Waals surface area (Å²) in [6, 6.07) is 9.48. The van der Waals surface area contributed by atoms with Gasteiger partial charge in [-0.2, -0.15) is 5.10 Å². The predicted octanol–water partition coefficient (Wildman–Crippen LogP) is 3.40. The highest BCUT2D eigenvalue weighted by Crippen LogP contribution is 2.31. The van der Waals surface area contributed by atoms with Crippen molar-refractivity contribution in [3.05, 3.63) is 41.0 Å². The van der Waals surface area contributed by atoms with Gasteiger partial charge >= 0.3 is 0 Å². The van der Waals surface area contributed by atoms with Gasteiger partial charge in [-0.15, -0.1) is 0 Å². The fraction of sp³-hybridized carbons (Fsp3) is 0.500. The molecule has 0 spiro atoms. The minimum atomic E-state index is 0.655. The number of halogens is 1. The van der Waals surface area contributed by atoms with E-state index in [-0.39, 0.29) is 0 Å². The zero-order valence-corrected chi connectivity index (χ0v) is 14.3. The van der Waals surface area contributed by atoms with Crippen LogP contribution in [0.1, 0.15) is 25.3 Å². The summed E-state index contributed by atoms with van der Waals surface area (Å²) in [6.45, 7) is 6.80. The van der Waals surface area contributed by atoms with Crippen LogP contribution in [0.25, 0.3) is 11.3 Å². The molecule has 0 bridgehead atoms. The Morgan fingerprint density at radius 2 is 2.00 bits per heavy atom. The van der Waals surface area contributed by atoms with Gasteiger partial charge in [0, 0.05) is 48.8 Å². The average Bonchev–Trinajstić information content (AvgIpc) is 3.28. The minimum Gasteiger partial charge on any atom is -0.296 e. The first-order valence-corrected chi connectivity index (χ1v) is 8.85. The number of H-pyrrole nitrogens is 1. The smallest absolute Gasteiger partial charge is 0.0695 e. The number of nitrogens with one attached hydrogen (secondary N) is 1. The van der Waals surface area contributed by atoms with Crippen LogP contribution in [0.4, 0.5) is 0 Å². The summed E-state index contributed by atoms with van der Waals surface area (Å²) in [5.74, 6) is 0. The lowest BCUT2D eigenvalue weighted by Crippen LogP contribution is -2.52. The van der Waals surface area contributed by atoms with Gasteiger partial charge in [-0.3, -0.25) is 14.9 Å². The molecular formula is C18H23ClN4. The van der Waals surface area contributed by atoms with Crippen molar-refractivity contribution >= 4 is 11.6 Å². The number of aromatic nitrogens is 2. The molecule has 4 rings (SSSR count). The molecule has 1 saturated heterocycles. The number of aromatic amines is 1. The molecule has 1 N–H and O–H groups in total. The maximum absolute atomic E-state index is 5.99. The molecule has 2 heterocycles. The van der Waals surface area contributed by atoms with Crippen molar-refractivity contribution in [3.8, 4) is 11.3 Å². The Balaban J connectivity index is 1.45. The summed E-state index contributed by atoms with van der Waals surface area (Å²) in [7, 11) is 0. The highest BCUT2D eigenvalue weighted by atomic mass is 35.5. The molecule has 0 radical (unpaired) electrons. The van der Waals surface area contributed by atoms with Crippen LogP contribution in [0.15, 0.2) is 30.5 Å². The second kappa shape index (κ2) is 6.27. The van der Waals surface area contributed by atoms with Gasteiger partial charge in [0.15, 0.2) is 0 Å². The molecule has 2 fully saturated rings. The SMILES string of the molecule is CC1CN(Cc2cn[nH]c2-c2ccc(Cl)cc2)CCN1C1CC1. The Morgan fingerprint density at radius 1 is 1.22 bits per heavy atom. The maximum atomic E-state index is 5.99. The van der Waals surface area contributed by atoms with Gasteiger partial charge in [0.05, 0.1) is 11.9 Å². The highest BCUT2D eigenvalue weighted by molar-refractivity contribution is 6.30. The number of nitrogens with zero attached hydrogens (tertiary/aromatic N) is 3. The number of piperazine rings is 1. The summed E-state index contributed by atoms with van der Waals surface area (Å²) in [5.41, 5.74) is 3.52. The third-order valence-electron chi connectivity index (χ3n) is 5.02. The first kappa shape index (κ1) is 15.2. The molecule has 122 valence electrons. The van der Waals surface area contributed by atoms with Gasteiger partial charge in [0.1, 0.15) is 0 Å². The lowest BCUT2D eigenvalue weighted by atomic mass is 10.1. The van der Waals surface area contributed by atoms with Crippen molar-refractivity contribution in [3.63, 3.8) is 0 Å². The monoisotopic (exact) mass is 330 g/mol. The normalized spacial score (nSPS) is 23.3. The van der Waals surface area contributed by atoms with Crippen LogP contribution in [0.2, 0.25) is 5.02 Å². The summed E-state index contributed by atoms with van der Waals surface area (Å²) in [5, 5.41) is 8.18. The van der Waals surface area contributed by atoms with Crippen molar-refractivity contribution in [1.29, 1.82) is 0 Å². The molecule has 1 aromatic carbocycles. The molecule has 1 unspecified atom stereocenters. The van der Waals surface area contributed by atoms with Crippen LogP contribution in [0.3, 0.4) is 0 Å². The largest absolute Gasteiger partial charge is 0.296 e. The number of hydrogen-bond acceptors (Lipinski definition) is 3. The number of benzene rings is 1. The van der Waals surface area contributed by atoms with Gasteiger partial charge in [-0.1, -0.05) is 23.7 Å². The number of rotatable bonds is 4. The molecule has 2 aromatic rings. The van der Waals surface area contributed by atoms with Crippen LogP contribution < -0.4 is 0 Å². The standard InChI is InChI=1S/C18H23ClN4/c1-13-11-22(8-9-23(13)17-6-7-17)12-15-10-20-21-18(15)14-2-4-16(19)5-3-14/h2-5,10,13,17H,6-9,11-12H2,1H3,(H,20,21). The van der Waals surface area contributed by atoms with Crippen LogP contribution in [-0.2, 0) is 6.54 Å². The first-order valence-electron chi connectivity index (χ1n) is 8.47. The van der Waals surface area contributed by atoms with E-state index in [1.807, 2.05) is 30.5 Å². The van der Waals surface area contributed by atoms with E-state index >= 15 is 0 Å². The predicted molar refractivity (Wildman–Crippen MR) is 93.5 cm³/mol. The zero-order valence-electron chi connectivity index (χ0n) is 13.5. The van der Waals surface area contributed by atoms with Crippen molar-refractivity contribution in [2.24, 2.45) is 0 Å². The third-order valence-corrected chi connectivity index (χ3v) is 5.28. The Hall–Kier alpha value is -1.36. The van der Waals surface area contributed by atoms with Crippen molar-refractivity contribution < 1.29 is 0 Å². The van der Waals surface area contributed by atoms with Gasteiger partial charge < -0.3 is 0 Å². The molecule has 5 heteroatoms. The van der Waals surface area contributed by atoms with E-state index in [4.69, 9.17) is 11.6 Å². The van der Waals surface area contributed by atoms with Crippen molar-refractivity contribution in [2.45, 2.75) is 38.4 Å². The second-order valence-corrected chi connectivity index (χ2v) is 7.27. The quantitative estimate of drug-likeness (QED) is 0.933.